The van der Waals surface area contributed by atoms with Crippen LogP contribution in [0, 0.1) is 28.1 Å². The zero-order valence-corrected chi connectivity index (χ0v) is 12.4. The number of hydrogen-bond acceptors (Lipinski definition) is 4. The number of amides is 1. The minimum atomic E-state index is -0.885. The average Bonchev–Trinajstić information content (AvgIpc) is 2.36. The number of carbonyl (C=O) groups is 2. The van der Waals surface area contributed by atoms with Crippen LogP contribution >= 0.6 is 0 Å². The summed E-state index contributed by atoms with van der Waals surface area (Å²) in [7, 11) is 1.31. The van der Waals surface area contributed by atoms with Crippen molar-refractivity contribution in [1.29, 1.82) is 5.26 Å². The van der Waals surface area contributed by atoms with Gasteiger partial charge in [0.15, 0.2) is 0 Å². The number of primary amides is 1. The molecule has 0 rings (SSSR count). The number of nitrogens with two attached hydrogens (primary N) is 1. The van der Waals surface area contributed by atoms with Crippen molar-refractivity contribution in [3.05, 3.63) is 0 Å². The van der Waals surface area contributed by atoms with Crippen molar-refractivity contribution in [3.63, 3.8) is 0 Å². The fraction of sp³-hybridized carbons (Fsp3) is 0.786. The van der Waals surface area contributed by atoms with Crippen LogP contribution in [-0.2, 0) is 14.3 Å². The molecule has 0 fully saturated rings. The summed E-state index contributed by atoms with van der Waals surface area (Å²) in [5.74, 6) is -1.14. The lowest BCUT2D eigenvalue weighted by atomic mass is 9.68. The Hall–Kier alpha value is -1.57. The topological polar surface area (TPSA) is 93.2 Å². The highest BCUT2D eigenvalue weighted by molar-refractivity contribution is 5.82. The van der Waals surface area contributed by atoms with Gasteiger partial charge in [-0.2, -0.15) is 5.26 Å². The monoisotopic (exact) mass is 268 g/mol. The molecule has 19 heavy (non-hydrogen) atoms. The first-order valence-corrected chi connectivity index (χ1v) is 6.43. The second-order valence-electron chi connectivity index (χ2n) is 5.74. The Bertz CT molecular complexity index is 389. The number of nitriles is 1. The summed E-state index contributed by atoms with van der Waals surface area (Å²) in [4.78, 5) is 23.6. The third-order valence-electron chi connectivity index (χ3n) is 3.81. The van der Waals surface area contributed by atoms with Gasteiger partial charge in [0, 0.05) is 11.3 Å². The molecule has 0 aromatic carbocycles. The zero-order valence-electron chi connectivity index (χ0n) is 12.4. The molecule has 0 aromatic heterocycles. The lowest BCUT2D eigenvalue weighted by Crippen LogP contribution is -2.42. The molecule has 0 aliphatic carbocycles. The smallest absolute Gasteiger partial charge is 0.311 e. The van der Waals surface area contributed by atoms with Gasteiger partial charge in [0.1, 0.15) is 0 Å². The summed E-state index contributed by atoms with van der Waals surface area (Å²) >= 11 is 0. The van der Waals surface area contributed by atoms with Gasteiger partial charge in [-0.15, -0.1) is 0 Å². The third kappa shape index (κ3) is 4.23. The molecule has 0 saturated heterocycles. The van der Waals surface area contributed by atoms with Crippen LogP contribution in [0.2, 0.25) is 0 Å². The molecule has 1 amide bonds. The number of rotatable bonds is 7. The molecule has 3 atom stereocenters. The molecule has 2 N–H and O–H groups in total. The number of esters is 1. The predicted molar refractivity (Wildman–Crippen MR) is 71.7 cm³/mol. The second-order valence-corrected chi connectivity index (χ2v) is 5.74. The summed E-state index contributed by atoms with van der Waals surface area (Å²) < 4.78 is 4.83. The SMILES string of the molecule is CCC(C)(CC(C)(CC(C)C#N)C(=O)OC)C(N)=O. The van der Waals surface area contributed by atoms with E-state index in [1.54, 1.807) is 20.8 Å². The Kier molecular flexibility index (Phi) is 6.01. The maximum atomic E-state index is 12.0. The summed E-state index contributed by atoms with van der Waals surface area (Å²) in [5.41, 5.74) is 3.77. The summed E-state index contributed by atoms with van der Waals surface area (Å²) in [6.45, 7) is 7.07. The van der Waals surface area contributed by atoms with E-state index in [1.165, 1.54) is 7.11 Å². The molecule has 0 saturated carbocycles. The average molecular weight is 268 g/mol. The van der Waals surface area contributed by atoms with E-state index in [1.807, 2.05) is 6.92 Å². The highest BCUT2D eigenvalue weighted by atomic mass is 16.5. The van der Waals surface area contributed by atoms with Crippen molar-refractivity contribution in [3.8, 4) is 6.07 Å². The first-order chi connectivity index (χ1) is 8.65. The standard InChI is InChI=1S/C14H24N2O3/c1-6-13(3,11(16)17)9-14(4,12(18)19-5)7-10(2)8-15/h10H,6-7,9H2,1-5H3,(H2,16,17). The van der Waals surface area contributed by atoms with Crippen LogP contribution in [-0.4, -0.2) is 19.0 Å². The summed E-state index contributed by atoms with van der Waals surface area (Å²) in [6, 6.07) is 2.11. The molecule has 108 valence electrons. The predicted octanol–water partition coefficient (Wildman–Crippen LogP) is 2.01. The van der Waals surface area contributed by atoms with E-state index < -0.39 is 22.7 Å². The molecular weight excluding hydrogens is 244 g/mol. The fourth-order valence-electron chi connectivity index (χ4n) is 2.44. The van der Waals surface area contributed by atoms with Gasteiger partial charge in [0.05, 0.1) is 18.6 Å². The minimum absolute atomic E-state index is 0.282. The molecule has 5 heteroatoms. The van der Waals surface area contributed by atoms with E-state index in [9.17, 15) is 9.59 Å². The molecule has 0 aromatic rings. The number of hydrogen-bond donors (Lipinski definition) is 1. The molecule has 0 aliphatic heterocycles. The first kappa shape index (κ1) is 17.4. The van der Waals surface area contributed by atoms with Crippen molar-refractivity contribution in [2.45, 2.75) is 47.0 Å². The van der Waals surface area contributed by atoms with Crippen molar-refractivity contribution >= 4 is 11.9 Å². The van der Waals surface area contributed by atoms with E-state index >= 15 is 0 Å². The van der Waals surface area contributed by atoms with E-state index in [2.05, 4.69) is 6.07 Å². The summed E-state index contributed by atoms with van der Waals surface area (Å²) in [6.07, 6.45) is 1.17. The van der Waals surface area contributed by atoms with E-state index in [0.717, 1.165) is 0 Å². The normalized spacial score (nSPS) is 18.5. The van der Waals surface area contributed by atoms with Gasteiger partial charge in [-0.25, -0.2) is 0 Å². The number of ether oxygens (including phenoxy) is 1. The Morgan fingerprint density at radius 2 is 1.89 bits per heavy atom. The fourth-order valence-corrected chi connectivity index (χ4v) is 2.44. The van der Waals surface area contributed by atoms with E-state index in [-0.39, 0.29) is 12.3 Å². The molecule has 0 heterocycles. The summed E-state index contributed by atoms with van der Waals surface area (Å²) in [5, 5.41) is 8.92. The largest absolute Gasteiger partial charge is 0.469 e. The molecule has 3 unspecified atom stereocenters. The molecule has 0 aliphatic rings. The van der Waals surface area contributed by atoms with Crippen LogP contribution in [0.25, 0.3) is 0 Å². The van der Waals surface area contributed by atoms with Crippen molar-refractivity contribution in [2.75, 3.05) is 7.11 Å². The maximum Gasteiger partial charge on any atom is 0.311 e. The van der Waals surface area contributed by atoms with Crippen LogP contribution in [0.3, 0.4) is 0 Å². The molecular formula is C14H24N2O3. The molecule has 0 spiro atoms. The number of carbonyl (C=O) groups excluding carboxylic acids is 2. The Morgan fingerprint density at radius 1 is 1.37 bits per heavy atom. The Labute approximate surface area is 115 Å². The zero-order chi connectivity index (χ0) is 15.3. The van der Waals surface area contributed by atoms with Crippen LogP contribution in [0.1, 0.15) is 47.0 Å². The Morgan fingerprint density at radius 3 is 2.21 bits per heavy atom. The van der Waals surface area contributed by atoms with Crippen molar-refractivity contribution < 1.29 is 14.3 Å². The lowest BCUT2D eigenvalue weighted by molar-refractivity contribution is -0.155. The van der Waals surface area contributed by atoms with Gasteiger partial charge < -0.3 is 10.5 Å². The van der Waals surface area contributed by atoms with Gasteiger partial charge in [-0.3, -0.25) is 9.59 Å². The number of methoxy groups -OCH3 is 1. The minimum Gasteiger partial charge on any atom is -0.469 e. The number of nitrogens with zero attached hydrogens (tertiary/aromatic N) is 1. The molecule has 5 nitrogen and oxygen atoms in total. The Balaban J connectivity index is 5.34. The molecule has 0 bridgehead atoms. The first-order valence-electron chi connectivity index (χ1n) is 6.43. The van der Waals surface area contributed by atoms with E-state index in [0.29, 0.717) is 12.8 Å². The third-order valence-corrected chi connectivity index (χ3v) is 3.81. The molecule has 0 radical (unpaired) electrons. The van der Waals surface area contributed by atoms with Crippen LogP contribution in [0.15, 0.2) is 0 Å². The van der Waals surface area contributed by atoms with Gasteiger partial charge in [-0.1, -0.05) is 13.8 Å². The highest BCUT2D eigenvalue weighted by Gasteiger charge is 2.44. The van der Waals surface area contributed by atoms with Crippen LogP contribution < -0.4 is 5.73 Å². The van der Waals surface area contributed by atoms with Crippen LogP contribution in [0.4, 0.5) is 0 Å². The quantitative estimate of drug-likeness (QED) is 0.715. The van der Waals surface area contributed by atoms with Gasteiger partial charge >= 0.3 is 5.97 Å². The van der Waals surface area contributed by atoms with Gasteiger partial charge in [-0.05, 0) is 33.1 Å². The second kappa shape index (κ2) is 6.55. The van der Waals surface area contributed by atoms with Crippen molar-refractivity contribution in [1.82, 2.24) is 0 Å². The maximum absolute atomic E-state index is 12.0. The highest BCUT2D eigenvalue weighted by Crippen LogP contribution is 2.41. The van der Waals surface area contributed by atoms with E-state index in [4.69, 9.17) is 15.7 Å². The van der Waals surface area contributed by atoms with Crippen LogP contribution in [0.5, 0.6) is 0 Å². The van der Waals surface area contributed by atoms with Crippen molar-refractivity contribution in [2.24, 2.45) is 22.5 Å². The lowest BCUT2D eigenvalue weighted by Gasteiger charge is -2.35. The van der Waals surface area contributed by atoms with Gasteiger partial charge in [0.25, 0.3) is 0 Å². The van der Waals surface area contributed by atoms with Gasteiger partial charge in [0.2, 0.25) is 5.91 Å².